The van der Waals surface area contributed by atoms with Crippen LogP contribution in [-0.2, 0) is 9.59 Å². The van der Waals surface area contributed by atoms with E-state index in [-0.39, 0.29) is 18.9 Å². The molecule has 8 heteroatoms. The molecule has 110 valence electrons. The highest BCUT2D eigenvalue weighted by atomic mass is 16.4. The third-order valence-electron chi connectivity index (χ3n) is 2.43. The first-order chi connectivity index (χ1) is 9.04. The van der Waals surface area contributed by atoms with E-state index in [0.717, 1.165) is 0 Å². The molecule has 0 fully saturated rings. The summed E-state index contributed by atoms with van der Waals surface area (Å²) in [6, 6.07) is -0.877. The van der Waals surface area contributed by atoms with Gasteiger partial charge in [0.05, 0.1) is 0 Å². The molecule has 0 aromatic rings. The average Bonchev–Trinajstić information content (AvgIpc) is 2.37. The predicted molar refractivity (Wildman–Crippen MR) is 72.9 cm³/mol. The lowest BCUT2D eigenvalue weighted by Gasteiger charge is -2.15. The van der Waals surface area contributed by atoms with Crippen LogP contribution in [0.1, 0.15) is 19.3 Å². The molecule has 1 amide bonds. The normalized spacial score (nSPS) is 12.7. The van der Waals surface area contributed by atoms with Crippen molar-refractivity contribution in [2.45, 2.75) is 25.3 Å². The zero-order valence-electron chi connectivity index (χ0n) is 11.4. The molecular formula is C11H23N5O3. The molecule has 0 aliphatic rings. The van der Waals surface area contributed by atoms with Gasteiger partial charge >= 0.3 is 5.97 Å². The van der Waals surface area contributed by atoms with Crippen molar-refractivity contribution in [3.8, 4) is 0 Å². The maximum atomic E-state index is 11.3. The molecule has 8 nitrogen and oxygen atoms in total. The fourth-order valence-electron chi connectivity index (χ4n) is 1.45. The van der Waals surface area contributed by atoms with Crippen LogP contribution in [0.4, 0.5) is 0 Å². The molecule has 0 radical (unpaired) electrons. The van der Waals surface area contributed by atoms with Crippen LogP contribution in [0.25, 0.3) is 0 Å². The molecule has 0 saturated carbocycles. The third kappa shape index (κ3) is 7.98. The average molecular weight is 273 g/mol. The van der Waals surface area contributed by atoms with Crippen LogP contribution in [0.3, 0.4) is 0 Å². The van der Waals surface area contributed by atoms with Crippen LogP contribution in [0, 0.1) is 0 Å². The van der Waals surface area contributed by atoms with Crippen LogP contribution in [0.2, 0.25) is 0 Å². The van der Waals surface area contributed by atoms with E-state index < -0.39 is 12.0 Å². The van der Waals surface area contributed by atoms with Crippen LogP contribution in [0.15, 0.2) is 4.99 Å². The number of carboxylic acid groups (broad SMARTS) is 1. The van der Waals surface area contributed by atoms with Gasteiger partial charge in [-0.25, -0.2) is 4.79 Å². The summed E-state index contributed by atoms with van der Waals surface area (Å²) in [5, 5.41) is 17.3. The van der Waals surface area contributed by atoms with E-state index in [1.165, 1.54) is 0 Å². The lowest BCUT2D eigenvalue weighted by atomic mass is 10.1. The number of guanidine groups is 1. The van der Waals surface area contributed by atoms with Gasteiger partial charge in [-0.05, 0) is 12.8 Å². The van der Waals surface area contributed by atoms with Crippen molar-refractivity contribution >= 4 is 17.8 Å². The standard InChI is InChI=1S/C11H23N5O3/c1-13-11(14-2)15-7-3-4-8(10(18)19)16-9(17)5-6-12/h8H,3-7,12H2,1-2H3,(H,16,17)(H,18,19)(H2,13,14,15)/t8-/m0/s1. The molecule has 0 aromatic carbocycles. The van der Waals surface area contributed by atoms with Gasteiger partial charge in [-0.3, -0.25) is 9.79 Å². The van der Waals surface area contributed by atoms with Crippen molar-refractivity contribution in [3.05, 3.63) is 0 Å². The second kappa shape index (κ2) is 10.1. The first-order valence-electron chi connectivity index (χ1n) is 6.15. The predicted octanol–water partition coefficient (Wildman–Crippen LogP) is -1.52. The second-order valence-electron chi connectivity index (χ2n) is 3.89. The first kappa shape index (κ1) is 17.2. The van der Waals surface area contributed by atoms with Gasteiger partial charge in [-0.2, -0.15) is 0 Å². The maximum absolute atomic E-state index is 11.3. The Morgan fingerprint density at radius 2 is 2.11 bits per heavy atom. The van der Waals surface area contributed by atoms with Gasteiger partial charge in [0, 0.05) is 33.6 Å². The number of aliphatic carboxylic acids is 1. The van der Waals surface area contributed by atoms with Crippen LogP contribution < -0.4 is 21.7 Å². The largest absolute Gasteiger partial charge is 0.480 e. The second-order valence-corrected chi connectivity index (χ2v) is 3.89. The highest BCUT2D eigenvalue weighted by Crippen LogP contribution is 1.97. The minimum Gasteiger partial charge on any atom is -0.480 e. The van der Waals surface area contributed by atoms with Crippen molar-refractivity contribution in [3.63, 3.8) is 0 Å². The van der Waals surface area contributed by atoms with E-state index in [2.05, 4.69) is 20.9 Å². The van der Waals surface area contributed by atoms with Gasteiger partial charge in [0.1, 0.15) is 6.04 Å². The molecule has 0 saturated heterocycles. The molecule has 0 spiro atoms. The SMILES string of the molecule is CN=C(NC)NCCC[C@H](NC(=O)CCN)C(=O)O. The highest BCUT2D eigenvalue weighted by Gasteiger charge is 2.18. The smallest absolute Gasteiger partial charge is 0.326 e. The lowest BCUT2D eigenvalue weighted by molar-refractivity contribution is -0.142. The number of nitrogens with one attached hydrogen (secondary N) is 3. The van der Waals surface area contributed by atoms with E-state index in [4.69, 9.17) is 10.8 Å². The number of nitrogens with two attached hydrogens (primary N) is 1. The summed E-state index contributed by atoms with van der Waals surface area (Å²) in [5.74, 6) is -0.740. The van der Waals surface area contributed by atoms with E-state index in [1.54, 1.807) is 14.1 Å². The number of carboxylic acids is 1. The zero-order chi connectivity index (χ0) is 14.7. The zero-order valence-corrected chi connectivity index (χ0v) is 11.4. The minimum atomic E-state index is -1.04. The Kier molecular flexibility index (Phi) is 9.15. The number of hydrogen-bond acceptors (Lipinski definition) is 4. The van der Waals surface area contributed by atoms with Crippen LogP contribution in [0.5, 0.6) is 0 Å². The summed E-state index contributed by atoms with van der Waals surface area (Å²) >= 11 is 0. The summed E-state index contributed by atoms with van der Waals surface area (Å²) < 4.78 is 0. The topological polar surface area (TPSA) is 129 Å². The van der Waals surface area contributed by atoms with Crippen LogP contribution in [-0.4, -0.2) is 56.2 Å². The fraction of sp³-hybridized carbons (Fsp3) is 0.727. The van der Waals surface area contributed by atoms with E-state index in [0.29, 0.717) is 25.3 Å². The molecular weight excluding hydrogens is 250 g/mol. The van der Waals surface area contributed by atoms with Gasteiger partial charge in [-0.15, -0.1) is 0 Å². The van der Waals surface area contributed by atoms with E-state index in [1.807, 2.05) is 0 Å². The molecule has 0 unspecified atom stereocenters. The number of nitrogens with zero attached hydrogens (tertiary/aromatic N) is 1. The molecule has 1 atom stereocenters. The van der Waals surface area contributed by atoms with Crippen molar-refractivity contribution in [1.82, 2.24) is 16.0 Å². The molecule has 0 rings (SSSR count). The molecule has 19 heavy (non-hydrogen) atoms. The quantitative estimate of drug-likeness (QED) is 0.207. The number of rotatable bonds is 8. The molecule has 0 aliphatic heterocycles. The van der Waals surface area contributed by atoms with Gasteiger partial charge in [0.2, 0.25) is 5.91 Å². The summed E-state index contributed by atoms with van der Waals surface area (Å²) in [5.41, 5.74) is 5.23. The van der Waals surface area contributed by atoms with Gasteiger partial charge in [-0.1, -0.05) is 0 Å². The van der Waals surface area contributed by atoms with Gasteiger partial charge in [0.25, 0.3) is 0 Å². The summed E-state index contributed by atoms with van der Waals surface area (Å²) in [4.78, 5) is 26.2. The van der Waals surface area contributed by atoms with Gasteiger partial charge < -0.3 is 26.8 Å². The van der Waals surface area contributed by atoms with E-state index in [9.17, 15) is 9.59 Å². The number of carbonyl (C=O) groups excluding carboxylic acids is 1. The Morgan fingerprint density at radius 3 is 2.58 bits per heavy atom. The Bertz CT molecular complexity index is 319. The molecule has 0 aliphatic carbocycles. The first-order valence-corrected chi connectivity index (χ1v) is 6.15. The molecule has 6 N–H and O–H groups in total. The molecule has 0 aromatic heterocycles. The number of hydrogen-bond donors (Lipinski definition) is 5. The Morgan fingerprint density at radius 1 is 1.42 bits per heavy atom. The summed E-state index contributed by atoms with van der Waals surface area (Å²) in [6.45, 7) is 0.780. The Labute approximate surface area is 112 Å². The number of aliphatic imine (C=N–C) groups is 1. The molecule has 0 bridgehead atoms. The number of amides is 1. The van der Waals surface area contributed by atoms with Crippen molar-refractivity contribution in [2.24, 2.45) is 10.7 Å². The Balaban J connectivity index is 4.02. The lowest BCUT2D eigenvalue weighted by Crippen LogP contribution is -2.42. The van der Waals surface area contributed by atoms with Gasteiger partial charge in [0.15, 0.2) is 5.96 Å². The monoisotopic (exact) mass is 273 g/mol. The summed E-state index contributed by atoms with van der Waals surface area (Å²) in [6.07, 6.45) is 1.08. The summed E-state index contributed by atoms with van der Waals surface area (Å²) in [7, 11) is 3.38. The van der Waals surface area contributed by atoms with Crippen molar-refractivity contribution < 1.29 is 14.7 Å². The van der Waals surface area contributed by atoms with Crippen molar-refractivity contribution in [1.29, 1.82) is 0 Å². The van der Waals surface area contributed by atoms with Crippen molar-refractivity contribution in [2.75, 3.05) is 27.2 Å². The highest BCUT2D eigenvalue weighted by molar-refractivity contribution is 5.83. The fourth-order valence-corrected chi connectivity index (χ4v) is 1.45. The maximum Gasteiger partial charge on any atom is 0.326 e. The minimum absolute atomic E-state index is 0.133. The third-order valence-corrected chi connectivity index (χ3v) is 2.43. The Hall–Kier alpha value is -1.83. The molecule has 0 heterocycles. The van der Waals surface area contributed by atoms with Crippen LogP contribution >= 0.6 is 0 Å². The van der Waals surface area contributed by atoms with E-state index >= 15 is 0 Å². The number of carbonyl (C=O) groups is 2.